The van der Waals surface area contributed by atoms with E-state index in [2.05, 4.69) is 10.3 Å². The van der Waals surface area contributed by atoms with Crippen LogP contribution in [-0.2, 0) is 11.3 Å². The largest absolute Gasteiger partial charge is 0.352 e. The number of benzene rings is 1. The second kappa shape index (κ2) is 5.90. The molecular weight excluding hydrogens is 277 g/mol. The highest BCUT2D eigenvalue weighted by Gasteiger charge is 2.13. The Bertz CT molecular complexity index is 794. The van der Waals surface area contributed by atoms with Crippen LogP contribution in [0.15, 0.2) is 27.8 Å². The van der Waals surface area contributed by atoms with E-state index in [4.69, 9.17) is 0 Å². The van der Waals surface area contributed by atoms with Crippen LogP contribution in [0.2, 0.25) is 0 Å². The minimum Gasteiger partial charge on any atom is -0.352 e. The van der Waals surface area contributed by atoms with E-state index in [0.717, 1.165) is 17.1 Å². The number of aromatic amines is 1. The Kier molecular flexibility index (Phi) is 4.21. The molecule has 0 bridgehead atoms. The number of halogens is 1. The van der Waals surface area contributed by atoms with Gasteiger partial charge in [-0.1, -0.05) is 6.92 Å². The lowest BCUT2D eigenvalue weighted by atomic mass is 10.2. The molecule has 0 aliphatic carbocycles. The molecule has 0 spiro atoms. The van der Waals surface area contributed by atoms with Gasteiger partial charge in [0, 0.05) is 6.04 Å². The van der Waals surface area contributed by atoms with Crippen LogP contribution in [0, 0.1) is 5.82 Å². The second-order valence-corrected chi connectivity index (χ2v) is 4.88. The lowest BCUT2D eigenvalue weighted by molar-refractivity contribution is -0.122. The number of nitrogens with one attached hydrogen (secondary N) is 2. The third kappa shape index (κ3) is 3.18. The smallest absolute Gasteiger partial charge is 0.317 e. The van der Waals surface area contributed by atoms with Crippen LogP contribution in [0.4, 0.5) is 4.39 Å². The summed E-state index contributed by atoms with van der Waals surface area (Å²) < 4.78 is 14.2. The third-order valence-corrected chi connectivity index (χ3v) is 3.26. The van der Waals surface area contributed by atoms with Crippen molar-refractivity contribution in [1.29, 1.82) is 0 Å². The number of fused-ring (bicyclic) bond motifs is 1. The van der Waals surface area contributed by atoms with E-state index >= 15 is 0 Å². The molecule has 0 saturated heterocycles. The summed E-state index contributed by atoms with van der Waals surface area (Å²) >= 11 is 0. The zero-order valence-corrected chi connectivity index (χ0v) is 11.8. The fourth-order valence-electron chi connectivity index (χ4n) is 1.97. The lowest BCUT2D eigenvalue weighted by Crippen LogP contribution is -2.42. The molecule has 1 unspecified atom stereocenters. The van der Waals surface area contributed by atoms with Gasteiger partial charge >= 0.3 is 11.1 Å². The van der Waals surface area contributed by atoms with Gasteiger partial charge in [-0.2, -0.15) is 0 Å². The number of nitrogens with zero attached hydrogens (tertiary/aromatic N) is 1. The Hall–Kier alpha value is -2.44. The van der Waals surface area contributed by atoms with E-state index in [1.54, 1.807) is 0 Å². The van der Waals surface area contributed by atoms with Gasteiger partial charge in [-0.05, 0) is 31.5 Å². The summed E-state index contributed by atoms with van der Waals surface area (Å²) in [6.45, 7) is 3.48. The fraction of sp³-hybridized carbons (Fsp3) is 0.357. The van der Waals surface area contributed by atoms with Gasteiger partial charge < -0.3 is 10.3 Å². The highest BCUT2D eigenvalue weighted by molar-refractivity contribution is 5.80. The van der Waals surface area contributed by atoms with Crippen LogP contribution in [0.1, 0.15) is 20.3 Å². The van der Waals surface area contributed by atoms with Gasteiger partial charge in [0.05, 0.1) is 11.0 Å². The van der Waals surface area contributed by atoms with Gasteiger partial charge in [-0.25, -0.2) is 4.39 Å². The second-order valence-electron chi connectivity index (χ2n) is 4.88. The van der Waals surface area contributed by atoms with E-state index in [1.165, 1.54) is 12.1 Å². The summed E-state index contributed by atoms with van der Waals surface area (Å²) in [4.78, 5) is 37.7. The summed E-state index contributed by atoms with van der Waals surface area (Å²) in [6, 6.07) is 3.61. The molecule has 2 aromatic rings. The van der Waals surface area contributed by atoms with Crippen LogP contribution in [0.3, 0.4) is 0 Å². The number of hydrogen-bond acceptors (Lipinski definition) is 3. The van der Waals surface area contributed by atoms with Crippen molar-refractivity contribution in [3.05, 3.63) is 44.7 Å². The predicted octanol–water partition coefficient (Wildman–Crippen LogP) is 0.744. The van der Waals surface area contributed by atoms with Gasteiger partial charge in [0.2, 0.25) is 5.91 Å². The Balaban J connectivity index is 2.47. The minimum atomic E-state index is -0.885. The fourth-order valence-corrected chi connectivity index (χ4v) is 1.97. The van der Waals surface area contributed by atoms with Crippen molar-refractivity contribution < 1.29 is 9.18 Å². The number of carbonyl (C=O) groups is 1. The molecule has 6 nitrogen and oxygen atoms in total. The first kappa shape index (κ1) is 15.0. The predicted molar refractivity (Wildman–Crippen MR) is 76.7 cm³/mol. The van der Waals surface area contributed by atoms with Crippen molar-refractivity contribution in [2.24, 2.45) is 0 Å². The van der Waals surface area contributed by atoms with Crippen LogP contribution in [0.5, 0.6) is 0 Å². The molecule has 0 saturated carbocycles. The summed E-state index contributed by atoms with van der Waals surface area (Å²) in [6.07, 6.45) is 0.752. The van der Waals surface area contributed by atoms with Crippen molar-refractivity contribution >= 4 is 16.9 Å². The van der Waals surface area contributed by atoms with Crippen molar-refractivity contribution in [3.63, 3.8) is 0 Å². The Morgan fingerprint density at radius 1 is 1.43 bits per heavy atom. The number of aromatic nitrogens is 2. The molecule has 112 valence electrons. The Morgan fingerprint density at radius 3 is 2.81 bits per heavy atom. The van der Waals surface area contributed by atoms with E-state index in [0.29, 0.717) is 5.52 Å². The first-order valence-corrected chi connectivity index (χ1v) is 6.64. The van der Waals surface area contributed by atoms with Crippen LogP contribution < -0.4 is 16.4 Å². The number of hydrogen-bond donors (Lipinski definition) is 2. The third-order valence-electron chi connectivity index (χ3n) is 3.26. The molecule has 0 fully saturated rings. The molecule has 0 radical (unpaired) electrons. The molecule has 2 N–H and O–H groups in total. The van der Waals surface area contributed by atoms with E-state index in [9.17, 15) is 18.8 Å². The SMILES string of the molecule is CCC(C)NC(=O)Cn1c(=O)c(=O)[nH]c2cc(F)ccc21. The monoisotopic (exact) mass is 293 g/mol. The Labute approximate surface area is 119 Å². The van der Waals surface area contributed by atoms with Crippen LogP contribution in [-0.4, -0.2) is 21.5 Å². The van der Waals surface area contributed by atoms with Crippen molar-refractivity contribution in [1.82, 2.24) is 14.9 Å². The molecule has 1 heterocycles. The number of rotatable bonds is 4. The summed E-state index contributed by atoms with van der Waals surface area (Å²) in [5.41, 5.74) is -1.24. The maximum Gasteiger partial charge on any atom is 0.317 e. The first-order chi connectivity index (χ1) is 9.92. The zero-order chi connectivity index (χ0) is 15.6. The standard InChI is InChI=1S/C14H16FN3O3/c1-3-8(2)16-12(19)7-18-11-5-4-9(15)6-10(11)17-13(20)14(18)21/h4-6,8H,3,7H2,1-2H3,(H,16,19)(H,17,20). The maximum atomic E-state index is 13.2. The summed E-state index contributed by atoms with van der Waals surface area (Å²) in [5, 5.41) is 2.72. The molecule has 1 aromatic carbocycles. The average Bonchev–Trinajstić information content (AvgIpc) is 2.43. The van der Waals surface area contributed by atoms with Crippen molar-refractivity contribution in [2.75, 3.05) is 0 Å². The number of H-pyrrole nitrogens is 1. The minimum absolute atomic E-state index is 0.0288. The number of carbonyl (C=O) groups excluding carboxylic acids is 1. The zero-order valence-electron chi connectivity index (χ0n) is 11.8. The van der Waals surface area contributed by atoms with Gasteiger partial charge in [-0.3, -0.25) is 19.0 Å². The lowest BCUT2D eigenvalue weighted by Gasteiger charge is -2.13. The van der Waals surface area contributed by atoms with Gasteiger partial charge in [0.1, 0.15) is 12.4 Å². The van der Waals surface area contributed by atoms with Crippen molar-refractivity contribution in [2.45, 2.75) is 32.9 Å². The van der Waals surface area contributed by atoms with Gasteiger partial charge in [0.25, 0.3) is 0 Å². The van der Waals surface area contributed by atoms with Crippen LogP contribution >= 0.6 is 0 Å². The molecule has 21 heavy (non-hydrogen) atoms. The van der Waals surface area contributed by atoms with Gasteiger partial charge in [-0.15, -0.1) is 0 Å². The Morgan fingerprint density at radius 2 is 2.14 bits per heavy atom. The van der Waals surface area contributed by atoms with E-state index in [-0.39, 0.29) is 24.0 Å². The normalized spacial score (nSPS) is 12.3. The molecule has 7 heteroatoms. The molecule has 0 aliphatic rings. The topological polar surface area (TPSA) is 84.0 Å². The number of amides is 1. The highest BCUT2D eigenvalue weighted by Crippen LogP contribution is 2.10. The van der Waals surface area contributed by atoms with Gasteiger partial charge in [0.15, 0.2) is 0 Å². The highest BCUT2D eigenvalue weighted by atomic mass is 19.1. The molecular formula is C14H16FN3O3. The first-order valence-electron chi connectivity index (χ1n) is 6.64. The quantitative estimate of drug-likeness (QED) is 0.816. The van der Waals surface area contributed by atoms with E-state index in [1.807, 2.05) is 13.8 Å². The average molecular weight is 293 g/mol. The molecule has 0 aliphatic heterocycles. The molecule has 2 rings (SSSR count). The van der Waals surface area contributed by atoms with Crippen LogP contribution in [0.25, 0.3) is 11.0 Å². The summed E-state index contributed by atoms with van der Waals surface area (Å²) in [5.74, 6) is -0.907. The van der Waals surface area contributed by atoms with E-state index < -0.39 is 16.9 Å². The summed E-state index contributed by atoms with van der Waals surface area (Å²) in [7, 11) is 0. The molecule has 1 amide bonds. The molecule has 1 atom stereocenters. The van der Waals surface area contributed by atoms with Crippen molar-refractivity contribution in [3.8, 4) is 0 Å². The maximum absolute atomic E-state index is 13.2. The molecule has 1 aromatic heterocycles.